The monoisotopic (exact) mass is 364 g/mol. The van der Waals surface area contributed by atoms with Crippen molar-refractivity contribution in [2.75, 3.05) is 38.7 Å². The molecule has 0 bridgehead atoms. The number of nitrogens with zero attached hydrogens (tertiary/aromatic N) is 2. The molecule has 1 aromatic rings. The van der Waals surface area contributed by atoms with Crippen molar-refractivity contribution < 1.29 is 13.2 Å². The normalized spacial score (nSPS) is 21.5. The predicted molar refractivity (Wildman–Crippen MR) is 99.5 cm³/mol. The van der Waals surface area contributed by atoms with E-state index in [0.29, 0.717) is 19.4 Å². The number of carbonyl (C=O) groups excluding carboxylic acids is 1. The van der Waals surface area contributed by atoms with Crippen molar-refractivity contribution >= 4 is 15.7 Å². The number of benzene rings is 1. The van der Waals surface area contributed by atoms with Crippen LogP contribution < -0.4 is 0 Å². The van der Waals surface area contributed by atoms with Crippen molar-refractivity contribution in [1.82, 2.24) is 9.80 Å². The molecule has 138 valence electrons. The molecule has 6 heteroatoms. The van der Waals surface area contributed by atoms with Crippen molar-refractivity contribution in [1.29, 1.82) is 0 Å². The van der Waals surface area contributed by atoms with Crippen LogP contribution in [-0.2, 0) is 33.9 Å². The van der Waals surface area contributed by atoms with Crippen LogP contribution in [0.4, 0.5) is 0 Å². The lowest BCUT2D eigenvalue weighted by atomic mass is 10.0. The van der Waals surface area contributed by atoms with Crippen molar-refractivity contribution in [2.24, 2.45) is 0 Å². The predicted octanol–water partition coefficient (Wildman–Crippen LogP) is 1.30. The number of aryl methyl sites for hydroxylation is 2. The van der Waals surface area contributed by atoms with Crippen LogP contribution in [0.5, 0.6) is 0 Å². The Bertz CT molecular complexity index is 743. The molecule has 1 aromatic carbocycles. The minimum absolute atomic E-state index is 0.0434. The molecule has 1 aliphatic carbocycles. The van der Waals surface area contributed by atoms with E-state index >= 15 is 0 Å². The van der Waals surface area contributed by atoms with E-state index < -0.39 is 9.84 Å². The SMILES string of the molecule is CN(C)CCN(C(=O)Cc1ccc2c(c1)CCC2)[C@H]1CCS(=O)(=O)C1. The molecule has 1 fully saturated rings. The summed E-state index contributed by atoms with van der Waals surface area (Å²) in [4.78, 5) is 16.8. The maximum atomic E-state index is 12.9. The number of sulfone groups is 1. The Labute approximate surface area is 150 Å². The van der Waals surface area contributed by atoms with E-state index in [2.05, 4.69) is 18.2 Å². The maximum Gasteiger partial charge on any atom is 0.227 e. The van der Waals surface area contributed by atoms with Gasteiger partial charge >= 0.3 is 0 Å². The molecule has 25 heavy (non-hydrogen) atoms. The maximum absolute atomic E-state index is 12.9. The largest absolute Gasteiger partial charge is 0.337 e. The lowest BCUT2D eigenvalue weighted by Crippen LogP contribution is -2.45. The lowest BCUT2D eigenvalue weighted by molar-refractivity contribution is -0.132. The van der Waals surface area contributed by atoms with Gasteiger partial charge in [0.1, 0.15) is 0 Å². The molecule has 1 amide bonds. The van der Waals surface area contributed by atoms with Gasteiger partial charge in [0.05, 0.1) is 17.9 Å². The van der Waals surface area contributed by atoms with Gasteiger partial charge in [-0.05, 0) is 56.5 Å². The third-order valence-corrected chi connectivity index (χ3v) is 7.03. The summed E-state index contributed by atoms with van der Waals surface area (Å²) < 4.78 is 23.7. The van der Waals surface area contributed by atoms with Gasteiger partial charge in [0, 0.05) is 19.1 Å². The average molecular weight is 365 g/mol. The van der Waals surface area contributed by atoms with Crippen LogP contribution in [0.25, 0.3) is 0 Å². The first-order valence-electron chi connectivity index (χ1n) is 9.09. The number of rotatable bonds is 6. The molecular weight excluding hydrogens is 336 g/mol. The molecule has 1 atom stereocenters. The Balaban J connectivity index is 1.72. The van der Waals surface area contributed by atoms with Crippen LogP contribution in [0, 0.1) is 0 Å². The molecular formula is C19H28N2O3S. The zero-order valence-corrected chi connectivity index (χ0v) is 16.0. The van der Waals surface area contributed by atoms with Gasteiger partial charge in [-0.2, -0.15) is 0 Å². The van der Waals surface area contributed by atoms with E-state index in [-0.39, 0.29) is 23.5 Å². The fourth-order valence-corrected chi connectivity index (χ4v) is 5.58. The van der Waals surface area contributed by atoms with E-state index in [0.717, 1.165) is 24.9 Å². The van der Waals surface area contributed by atoms with Crippen molar-refractivity contribution in [3.63, 3.8) is 0 Å². The van der Waals surface area contributed by atoms with E-state index in [1.54, 1.807) is 4.90 Å². The number of amides is 1. The van der Waals surface area contributed by atoms with E-state index in [9.17, 15) is 13.2 Å². The summed E-state index contributed by atoms with van der Waals surface area (Å²) in [5, 5.41) is 0. The second-order valence-electron chi connectivity index (χ2n) is 7.58. The highest BCUT2D eigenvalue weighted by Crippen LogP contribution is 2.24. The Kier molecular flexibility index (Phi) is 5.49. The number of fused-ring (bicyclic) bond motifs is 1. The molecule has 0 unspecified atom stereocenters. The summed E-state index contributed by atoms with van der Waals surface area (Å²) in [6, 6.07) is 6.19. The number of carbonyl (C=O) groups is 1. The first-order valence-corrected chi connectivity index (χ1v) is 10.9. The fraction of sp³-hybridized carbons (Fsp3) is 0.632. The molecule has 5 nitrogen and oxygen atoms in total. The molecule has 1 saturated heterocycles. The summed E-state index contributed by atoms with van der Waals surface area (Å²) in [6.45, 7) is 1.32. The van der Waals surface area contributed by atoms with Crippen LogP contribution in [0.2, 0.25) is 0 Å². The van der Waals surface area contributed by atoms with Crippen molar-refractivity contribution in [2.45, 2.75) is 38.1 Å². The zero-order chi connectivity index (χ0) is 18.0. The van der Waals surface area contributed by atoms with Gasteiger partial charge in [-0.25, -0.2) is 8.42 Å². The van der Waals surface area contributed by atoms with Crippen molar-refractivity contribution in [3.05, 3.63) is 34.9 Å². The number of likely N-dealkylation sites (N-methyl/N-ethyl adjacent to an activating group) is 1. The Morgan fingerprint density at radius 2 is 1.92 bits per heavy atom. The topological polar surface area (TPSA) is 57.7 Å². The van der Waals surface area contributed by atoms with Crippen LogP contribution in [0.15, 0.2) is 18.2 Å². The quantitative estimate of drug-likeness (QED) is 0.763. The summed E-state index contributed by atoms with van der Waals surface area (Å²) in [5.74, 6) is 0.348. The Morgan fingerprint density at radius 1 is 1.16 bits per heavy atom. The molecule has 2 aliphatic rings. The van der Waals surface area contributed by atoms with Crippen molar-refractivity contribution in [3.8, 4) is 0 Å². The standard InChI is InChI=1S/C19H28N2O3S/c1-20(2)9-10-21(18-8-11-25(23,24)14-18)19(22)13-15-6-7-16-4-3-5-17(16)12-15/h6-7,12,18H,3-5,8-11,13-14H2,1-2H3/t18-/m0/s1. The highest BCUT2D eigenvalue weighted by Gasteiger charge is 2.34. The van der Waals surface area contributed by atoms with Crippen LogP contribution in [0.3, 0.4) is 0 Å². The van der Waals surface area contributed by atoms with Gasteiger partial charge in [-0.3, -0.25) is 4.79 Å². The summed E-state index contributed by atoms with van der Waals surface area (Å²) in [6.07, 6.45) is 4.35. The minimum Gasteiger partial charge on any atom is -0.337 e. The zero-order valence-electron chi connectivity index (χ0n) is 15.2. The highest BCUT2D eigenvalue weighted by molar-refractivity contribution is 7.91. The average Bonchev–Trinajstić information content (AvgIpc) is 3.13. The van der Waals surface area contributed by atoms with Crippen LogP contribution >= 0.6 is 0 Å². The molecule has 0 N–H and O–H groups in total. The van der Waals surface area contributed by atoms with Gasteiger partial charge in [0.2, 0.25) is 5.91 Å². The van der Waals surface area contributed by atoms with E-state index in [1.807, 2.05) is 19.0 Å². The van der Waals surface area contributed by atoms with Gasteiger partial charge in [0.25, 0.3) is 0 Å². The van der Waals surface area contributed by atoms with Gasteiger partial charge < -0.3 is 9.80 Å². The molecule has 1 aliphatic heterocycles. The third-order valence-electron chi connectivity index (χ3n) is 5.28. The second kappa shape index (κ2) is 7.46. The Morgan fingerprint density at radius 3 is 2.60 bits per heavy atom. The molecule has 0 aromatic heterocycles. The summed E-state index contributed by atoms with van der Waals surface area (Å²) in [5.41, 5.74) is 3.82. The van der Waals surface area contributed by atoms with Gasteiger partial charge in [-0.15, -0.1) is 0 Å². The minimum atomic E-state index is -3.00. The van der Waals surface area contributed by atoms with Gasteiger partial charge in [-0.1, -0.05) is 18.2 Å². The molecule has 0 saturated carbocycles. The summed E-state index contributed by atoms with van der Waals surface area (Å²) >= 11 is 0. The Hall–Kier alpha value is -1.40. The van der Waals surface area contributed by atoms with Gasteiger partial charge in [0.15, 0.2) is 9.84 Å². The summed E-state index contributed by atoms with van der Waals surface area (Å²) in [7, 11) is 0.933. The molecule has 3 rings (SSSR count). The lowest BCUT2D eigenvalue weighted by Gasteiger charge is -2.29. The van der Waals surface area contributed by atoms with Crippen LogP contribution in [0.1, 0.15) is 29.5 Å². The second-order valence-corrected chi connectivity index (χ2v) is 9.81. The smallest absolute Gasteiger partial charge is 0.227 e. The van der Waals surface area contributed by atoms with E-state index in [1.165, 1.54) is 17.5 Å². The number of hydrogen-bond acceptors (Lipinski definition) is 4. The first kappa shape index (κ1) is 18.4. The van der Waals surface area contributed by atoms with Crippen LogP contribution in [-0.4, -0.2) is 68.9 Å². The van der Waals surface area contributed by atoms with E-state index in [4.69, 9.17) is 0 Å². The third kappa shape index (κ3) is 4.61. The first-order chi connectivity index (χ1) is 11.8. The highest BCUT2D eigenvalue weighted by atomic mass is 32.2. The molecule has 0 spiro atoms. The molecule has 0 radical (unpaired) electrons. The fourth-order valence-electron chi connectivity index (χ4n) is 3.85. The molecule has 1 heterocycles. The number of hydrogen-bond donors (Lipinski definition) is 0.